The quantitative estimate of drug-likeness (QED) is 0.794. The van der Waals surface area contributed by atoms with Crippen molar-refractivity contribution < 1.29 is 4.79 Å². The molecule has 4 nitrogen and oxygen atoms in total. The molecule has 0 aromatic heterocycles. The van der Waals surface area contributed by atoms with Gasteiger partial charge in [-0.15, -0.1) is 0 Å². The molecule has 1 aromatic rings. The van der Waals surface area contributed by atoms with E-state index in [9.17, 15) is 4.79 Å². The van der Waals surface area contributed by atoms with E-state index in [1.54, 1.807) is 0 Å². The molecule has 0 saturated carbocycles. The van der Waals surface area contributed by atoms with E-state index in [4.69, 9.17) is 0 Å². The standard InChI is InChI=1S/C21H33N3O/c1-22(2)16-20(25)24-15-12-21(18-24)11-7-14-23(17-21)13-6-10-19-8-4-3-5-9-19/h3-5,8-9H,6-7,10-18H2,1-2H3. The molecule has 1 spiro atoms. The Morgan fingerprint density at radius 2 is 1.92 bits per heavy atom. The van der Waals surface area contributed by atoms with Crippen molar-refractivity contribution in [3.63, 3.8) is 0 Å². The molecule has 1 aromatic carbocycles. The van der Waals surface area contributed by atoms with Crippen molar-refractivity contribution in [2.45, 2.75) is 32.1 Å². The summed E-state index contributed by atoms with van der Waals surface area (Å²) >= 11 is 0. The second-order valence-electron chi connectivity index (χ2n) is 8.27. The zero-order valence-corrected chi connectivity index (χ0v) is 15.9. The highest BCUT2D eigenvalue weighted by Crippen LogP contribution is 2.39. The number of benzene rings is 1. The van der Waals surface area contributed by atoms with Crippen LogP contribution in [-0.4, -0.2) is 74.0 Å². The van der Waals surface area contributed by atoms with Gasteiger partial charge in [-0.1, -0.05) is 30.3 Å². The van der Waals surface area contributed by atoms with Gasteiger partial charge >= 0.3 is 0 Å². The van der Waals surface area contributed by atoms with Crippen LogP contribution in [0.15, 0.2) is 30.3 Å². The normalized spacial score (nSPS) is 24.4. The number of likely N-dealkylation sites (N-methyl/N-ethyl adjacent to an activating group) is 1. The third-order valence-electron chi connectivity index (χ3n) is 5.77. The maximum absolute atomic E-state index is 12.4. The van der Waals surface area contributed by atoms with Gasteiger partial charge in [-0.05, 0) is 64.9 Å². The molecule has 2 saturated heterocycles. The van der Waals surface area contributed by atoms with Gasteiger partial charge in [0.05, 0.1) is 6.54 Å². The Bertz CT molecular complexity index is 560. The van der Waals surface area contributed by atoms with Gasteiger partial charge in [0.1, 0.15) is 0 Å². The van der Waals surface area contributed by atoms with Crippen LogP contribution in [0, 0.1) is 5.41 Å². The van der Waals surface area contributed by atoms with Crippen molar-refractivity contribution in [3.8, 4) is 0 Å². The van der Waals surface area contributed by atoms with E-state index in [-0.39, 0.29) is 0 Å². The maximum atomic E-state index is 12.4. The van der Waals surface area contributed by atoms with Crippen molar-refractivity contribution in [2.75, 3.05) is 53.4 Å². The van der Waals surface area contributed by atoms with Crippen molar-refractivity contribution in [3.05, 3.63) is 35.9 Å². The summed E-state index contributed by atoms with van der Waals surface area (Å²) in [6.07, 6.45) is 6.14. The summed E-state index contributed by atoms with van der Waals surface area (Å²) in [5.41, 5.74) is 1.79. The molecular formula is C21H33N3O. The summed E-state index contributed by atoms with van der Waals surface area (Å²) in [6.45, 7) is 6.04. The van der Waals surface area contributed by atoms with Gasteiger partial charge in [0, 0.05) is 25.0 Å². The molecule has 0 N–H and O–H groups in total. The van der Waals surface area contributed by atoms with E-state index >= 15 is 0 Å². The zero-order valence-electron chi connectivity index (χ0n) is 15.9. The number of aryl methyl sites for hydroxylation is 1. The van der Waals surface area contributed by atoms with Crippen molar-refractivity contribution in [1.29, 1.82) is 0 Å². The second kappa shape index (κ2) is 8.33. The predicted molar refractivity (Wildman–Crippen MR) is 103 cm³/mol. The van der Waals surface area contributed by atoms with Crippen molar-refractivity contribution >= 4 is 5.91 Å². The lowest BCUT2D eigenvalue weighted by atomic mass is 9.79. The van der Waals surface area contributed by atoms with Gasteiger partial charge in [-0.25, -0.2) is 0 Å². The zero-order chi connectivity index (χ0) is 17.7. The summed E-state index contributed by atoms with van der Waals surface area (Å²) in [4.78, 5) is 19.1. The average molecular weight is 344 g/mol. The van der Waals surface area contributed by atoms with Crippen LogP contribution >= 0.6 is 0 Å². The number of carbonyl (C=O) groups is 1. The molecule has 0 bridgehead atoms. The molecule has 3 rings (SSSR count). The Morgan fingerprint density at radius 3 is 2.68 bits per heavy atom. The van der Waals surface area contributed by atoms with Gasteiger partial charge in [-0.3, -0.25) is 4.79 Å². The third-order valence-corrected chi connectivity index (χ3v) is 5.77. The fraction of sp³-hybridized carbons (Fsp3) is 0.667. The van der Waals surface area contributed by atoms with Crippen LogP contribution in [0.2, 0.25) is 0 Å². The molecule has 1 unspecified atom stereocenters. The van der Waals surface area contributed by atoms with Gasteiger partial charge in [0.2, 0.25) is 5.91 Å². The number of nitrogens with zero attached hydrogens (tertiary/aromatic N) is 3. The highest BCUT2D eigenvalue weighted by Gasteiger charge is 2.42. The molecular weight excluding hydrogens is 310 g/mol. The van der Waals surface area contributed by atoms with E-state index in [2.05, 4.69) is 40.1 Å². The number of rotatable bonds is 6. The first kappa shape index (κ1) is 18.4. The second-order valence-corrected chi connectivity index (χ2v) is 8.27. The first-order chi connectivity index (χ1) is 12.1. The first-order valence-corrected chi connectivity index (χ1v) is 9.75. The van der Waals surface area contributed by atoms with Gasteiger partial charge in [-0.2, -0.15) is 0 Å². The molecule has 1 amide bonds. The SMILES string of the molecule is CN(C)CC(=O)N1CCC2(CCCN(CCCc3ccccc3)C2)C1. The number of likely N-dealkylation sites (tertiary alicyclic amines) is 2. The number of piperidine rings is 1. The Labute approximate surface area is 152 Å². The molecule has 25 heavy (non-hydrogen) atoms. The third kappa shape index (κ3) is 5.05. The minimum Gasteiger partial charge on any atom is -0.341 e. The topological polar surface area (TPSA) is 26.8 Å². The van der Waals surface area contributed by atoms with E-state index in [1.807, 2.05) is 19.0 Å². The summed E-state index contributed by atoms with van der Waals surface area (Å²) in [7, 11) is 3.94. The molecule has 1 atom stereocenters. The fourth-order valence-corrected chi connectivity index (χ4v) is 4.50. The lowest BCUT2D eigenvalue weighted by molar-refractivity contribution is -0.131. The predicted octanol–water partition coefficient (Wildman–Crippen LogP) is 2.50. The molecule has 0 radical (unpaired) electrons. The molecule has 2 aliphatic heterocycles. The molecule has 4 heteroatoms. The smallest absolute Gasteiger partial charge is 0.236 e. The largest absolute Gasteiger partial charge is 0.341 e. The van der Waals surface area contributed by atoms with Gasteiger partial charge < -0.3 is 14.7 Å². The van der Waals surface area contributed by atoms with Crippen LogP contribution in [0.25, 0.3) is 0 Å². The molecule has 0 aliphatic carbocycles. The molecule has 138 valence electrons. The van der Waals surface area contributed by atoms with E-state index in [0.717, 1.165) is 19.5 Å². The van der Waals surface area contributed by atoms with Crippen molar-refractivity contribution in [2.24, 2.45) is 5.41 Å². The van der Waals surface area contributed by atoms with E-state index in [0.29, 0.717) is 17.9 Å². The number of amides is 1. The van der Waals surface area contributed by atoms with Crippen LogP contribution in [-0.2, 0) is 11.2 Å². The van der Waals surface area contributed by atoms with Crippen LogP contribution in [0.1, 0.15) is 31.2 Å². The highest BCUT2D eigenvalue weighted by molar-refractivity contribution is 5.78. The van der Waals surface area contributed by atoms with Gasteiger partial charge in [0.15, 0.2) is 0 Å². The van der Waals surface area contributed by atoms with Crippen LogP contribution in [0.4, 0.5) is 0 Å². The number of hydrogen-bond donors (Lipinski definition) is 0. The Kier molecular flexibility index (Phi) is 6.13. The summed E-state index contributed by atoms with van der Waals surface area (Å²) < 4.78 is 0. The maximum Gasteiger partial charge on any atom is 0.236 e. The monoisotopic (exact) mass is 343 g/mol. The summed E-state index contributed by atoms with van der Waals surface area (Å²) in [6, 6.07) is 10.8. The minimum absolute atomic E-state index is 0.295. The Balaban J connectivity index is 1.47. The van der Waals surface area contributed by atoms with Crippen LogP contribution in [0.5, 0.6) is 0 Å². The van der Waals surface area contributed by atoms with Crippen molar-refractivity contribution in [1.82, 2.24) is 14.7 Å². The fourth-order valence-electron chi connectivity index (χ4n) is 4.50. The average Bonchev–Trinajstić information content (AvgIpc) is 2.99. The molecule has 2 heterocycles. The minimum atomic E-state index is 0.295. The lowest BCUT2D eigenvalue weighted by Gasteiger charge is -2.40. The Morgan fingerprint density at radius 1 is 1.12 bits per heavy atom. The first-order valence-electron chi connectivity index (χ1n) is 9.75. The lowest BCUT2D eigenvalue weighted by Crippen LogP contribution is -2.46. The number of hydrogen-bond acceptors (Lipinski definition) is 3. The van der Waals surface area contributed by atoms with E-state index < -0.39 is 0 Å². The van der Waals surface area contributed by atoms with Gasteiger partial charge in [0.25, 0.3) is 0 Å². The molecule has 2 fully saturated rings. The molecule has 2 aliphatic rings. The number of carbonyl (C=O) groups excluding carboxylic acids is 1. The van der Waals surface area contributed by atoms with Crippen LogP contribution < -0.4 is 0 Å². The Hall–Kier alpha value is -1.39. The highest BCUT2D eigenvalue weighted by atomic mass is 16.2. The summed E-state index contributed by atoms with van der Waals surface area (Å²) in [5, 5.41) is 0. The van der Waals surface area contributed by atoms with Crippen LogP contribution in [0.3, 0.4) is 0 Å². The summed E-state index contributed by atoms with van der Waals surface area (Å²) in [5.74, 6) is 0.295. The van der Waals surface area contributed by atoms with E-state index in [1.165, 1.54) is 50.9 Å².